The Kier molecular flexibility index (Phi) is 6.71. The van der Waals surface area contributed by atoms with E-state index in [1.54, 1.807) is 0 Å². The Morgan fingerprint density at radius 3 is 2.78 bits per heavy atom. The van der Waals surface area contributed by atoms with Crippen molar-refractivity contribution in [3.8, 4) is 0 Å². The minimum Gasteiger partial charge on any atom is -0.373 e. The highest BCUT2D eigenvalue weighted by Gasteiger charge is 2.39. The molecule has 1 aliphatic heterocycles. The van der Waals surface area contributed by atoms with E-state index in [9.17, 15) is 0 Å². The molecule has 1 heterocycles. The lowest BCUT2D eigenvalue weighted by Gasteiger charge is -2.21. The van der Waals surface area contributed by atoms with Crippen molar-refractivity contribution in [1.29, 1.82) is 0 Å². The SMILES string of the molecule is CCNC(=NCC1(C)CCCO1)NC1CC1c1ccccc1.I. The highest BCUT2D eigenvalue weighted by Crippen LogP contribution is 2.40. The third-order valence-electron chi connectivity index (χ3n) is 4.56. The Hall–Kier alpha value is -0.820. The number of hydrogen-bond donors (Lipinski definition) is 2. The molecule has 4 nitrogen and oxygen atoms in total. The van der Waals surface area contributed by atoms with Gasteiger partial charge in [0.25, 0.3) is 0 Å². The van der Waals surface area contributed by atoms with Crippen LogP contribution in [0.2, 0.25) is 0 Å². The van der Waals surface area contributed by atoms with Gasteiger partial charge in [0.05, 0.1) is 12.1 Å². The van der Waals surface area contributed by atoms with Crippen molar-refractivity contribution in [3.05, 3.63) is 35.9 Å². The molecule has 3 atom stereocenters. The van der Waals surface area contributed by atoms with E-state index in [0.29, 0.717) is 12.0 Å². The molecule has 0 spiro atoms. The van der Waals surface area contributed by atoms with Crippen LogP contribution in [-0.2, 0) is 4.74 Å². The largest absolute Gasteiger partial charge is 0.373 e. The van der Waals surface area contributed by atoms with Gasteiger partial charge in [0.1, 0.15) is 0 Å². The van der Waals surface area contributed by atoms with E-state index in [0.717, 1.165) is 38.5 Å². The van der Waals surface area contributed by atoms with E-state index >= 15 is 0 Å². The lowest BCUT2D eigenvalue weighted by atomic mass is 10.0. The fourth-order valence-corrected chi connectivity index (χ4v) is 3.13. The second kappa shape index (κ2) is 8.33. The van der Waals surface area contributed by atoms with Crippen molar-refractivity contribution in [2.24, 2.45) is 4.99 Å². The zero-order chi connectivity index (χ0) is 15.4. The molecular weight excluding hydrogens is 401 g/mol. The van der Waals surface area contributed by atoms with Gasteiger partial charge in [0, 0.05) is 25.1 Å². The molecule has 1 saturated heterocycles. The smallest absolute Gasteiger partial charge is 0.191 e. The van der Waals surface area contributed by atoms with Crippen LogP contribution in [0.5, 0.6) is 0 Å². The molecule has 1 saturated carbocycles. The van der Waals surface area contributed by atoms with Gasteiger partial charge in [-0.3, -0.25) is 4.99 Å². The molecule has 23 heavy (non-hydrogen) atoms. The maximum Gasteiger partial charge on any atom is 0.191 e. The number of nitrogens with one attached hydrogen (secondary N) is 2. The fraction of sp³-hybridized carbons (Fsp3) is 0.611. The van der Waals surface area contributed by atoms with E-state index in [-0.39, 0.29) is 29.6 Å². The number of aliphatic imine (C=N–C) groups is 1. The van der Waals surface area contributed by atoms with Crippen LogP contribution in [-0.4, -0.2) is 37.3 Å². The highest BCUT2D eigenvalue weighted by molar-refractivity contribution is 14.0. The molecule has 1 aromatic rings. The van der Waals surface area contributed by atoms with Crippen molar-refractivity contribution in [2.75, 3.05) is 19.7 Å². The predicted molar refractivity (Wildman–Crippen MR) is 106 cm³/mol. The molecule has 0 aromatic heterocycles. The summed E-state index contributed by atoms with van der Waals surface area (Å²) < 4.78 is 5.82. The molecule has 0 radical (unpaired) electrons. The quantitative estimate of drug-likeness (QED) is 0.429. The van der Waals surface area contributed by atoms with Crippen LogP contribution in [0.25, 0.3) is 0 Å². The van der Waals surface area contributed by atoms with Crippen LogP contribution in [0, 0.1) is 0 Å². The standard InChI is InChI=1S/C18H27N3O.HI/c1-3-19-17(20-13-18(2)10-7-11-22-18)21-16-12-15(16)14-8-5-4-6-9-14;/h4-6,8-9,15-16H,3,7,10-13H2,1-2H3,(H2,19,20,21);1H. The second-order valence-electron chi connectivity index (χ2n) is 6.60. The first-order valence-electron chi connectivity index (χ1n) is 8.44. The van der Waals surface area contributed by atoms with Gasteiger partial charge in [-0.15, -0.1) is 24.0 Å². The monoisotopic (exact) mass is 429 g/mol. The Labute approximate surface area is 156 Å². The molecule has 1 aliphatic carbocycles. The number of halogens is 1. The minimum atomic E-state index is -0.0786. The molecule has 5 heteroatoms. The van der Waals surface area contributed by atoms with Gasteiger partial charge in [-0.1, -0.05) is 30.3 Å². The summed E-state index contributed by atoms with van der Waals surface area (Å²) in [5.41, 5.74) is 1.34. The van der Waals surface area contributed by atoms with E-state index in [4.69, 9.17) is 9.73 Å². The molecule has 1 aromatic carbocycles. The van der Waals surface area contributed by atoms with Gasteiger partial charge in [-0.2, -0.15) is 0 Å². The number of ether oxygens (including phenoxy) is 1. The summed E-state index contributed by atoms with van der Waals surface area (Å²) >= 11 is 0. The molecule has 0 bridgehead atoms. The lowest BCUT2D eigenvalue weighted by Crippen LogP contribution is -2.40. The second-order valence-corrected chi connectivity index (χ2v) is 6.60. The molecule has 2 fully saturated rings. The van der Waals surface area contributed by atoms with E-state index in [1.165, 1.54) is 12.0 Å². The third kappa shape index (κ3) is 5.08. The topological polar surface area (TPSA) is 45.7 Å². The molecular formula is C18H28IN3O. The summed E-state index contributed by atoms with van der Waals surface area (Å²) in [6.07, 6.45) is 3.43. The average molecular weight is 429 g/mol. The Morgan fingerprint density at radius 2 is 2.13 bits per heavy atom. The summed E-state index contributed by atoms with van der Waals surface area (Å²) in [5.74, 6) is 1.53. The zero-order valence-electron chi connectivity index (χ0n) is 14.0. The molecule has 2 aliphatic rings. The van der Waals surface area contributed by atoms with Gasteiger partial charge >= 0.3 is 0 Å². The van der Waals surface area contributed by atoms with Crippen LogP contribution < -0.4 is 10.6 Å². The summed E-state index contributed by atoms with van der Waals surface area (Å²) in [7, 11) is 0. The molecule has 128 valence electrons. The number of hydrogen-bond acceptors (Lipinski definition) is 2. The van der Waals surface area contributed by atoms with Gasteiger partial charge in [0.2, 0.25) is 0 Å². The Bertz CT molecular complexity index is 514. The van der Waals surface area contributed by atoms with E-state index < -0.39 is 0 Å². The molecule has 3 rings (SSSR count). The van der Waals surface area contributed by atoms with Gasteiger partial charge in [-0.05, 0) is 38.7 Å². The number of nitrogens with zero attached hydrogens (tertiary/aromatic N) is 1. The first-order chi connectivity index (χ1) is 10.7. The first-order valence-corrected chi connectivity index (χ1v) is 8.44. The van der Waals surface area contributed by atoms with Crippen LogP contribution in [0.3, 0.4) is 0 Å². The number of benzene rings is 1. The summed E-state index contributed by atoms with van der Waals surface area (Å²) in [4.78, 5) is 4.74. The van der Waals surface area contributed by atoms with Crippen molar-refractivity contribution in [3.63, 3.8) is 0 Å². The maximum atomic E-state index is 5.82. The van der Waals surface area contributed by atoms with Gasteiger partial charge in [0.15, 0.2) is 5.96 Å². The van der Waals surface area contributed by atoms with Crippen LogP contribution in [0.1, 0.15) is 44.6 Å². The Balaban J connectivity index is 0.00000192. The van der Waals surface area contributed by atoms with Crippen molar-refractivity contribution >= 4 is 29.9 Å². The van der Waals surface area contributed by atoms with Crippen molar-refractivity contribution in [1.82, 2.24) is 10.6 Å². The normalized spacial score (nSPS) is 29.7. The van der Waals surface area contributed by atoms with Crippen LogP contribution in [0.4, 0.5) is 0 Å². The number of guanidine groups is 1. The predicted octanol–water partition coefficient (Wildman–Crippen LogP) is 3.28. The van der Waals surface area contributed by atoms with Gasteiger partial charge in [-0.25, -0.2) is 0 Å². The highest BCUT2D eigenvalue weighted by atomic mass is 127. The fourth-order valence-electron chi connectivity index (χ4n) is 3.13. The average Bonchev–Trinajstić information content (AvgIpc) is 3.17. The van der Waals surface area contributed by atoms with E-state index in [2.05, 4.69) is 54.8 Å². The van der Waals surface area contributed by atoms with Crippen molar-refractivity contribution in [2.45, 2.75) is 50.7 Å². The minimum absolute atomic E-state index is 0. The first kappa shape index (κ1) is 18.5. The lowest BCUT2D eigenvalue weighted by molar-refractivity contribution is 0.0283. The molecule has 3 unspecified atom stereocenters. The van der Waals surface area contributed by atoms with Crippen LogP contribution >= 0.6 is 24.0 Å². The zero-order valence-corrected chi connectivity index (χ0v) is 16.4. The summed E-state index contributed by atoms with van der Waals surface area (Å²) in [6, 6.07) is 11.2. The van der Waals surface area contributed by atoms with E-state index in [1.807, 2.05) is 0 Å². The van der Waals surface area contributed by atoms with Gasteiger partial charge < -0.3 is 15.4 Å². The summed E-state index contributed by atoms with van der Waals surface area (Å²) in [5, 5.41) is 6.92. The van der Waals surface area contributed by atoms with Crippen molar-refractivity contribution < 1.29 is 4.74 Å². The third-order valence-corrected chi connectivity index (χ3v) is 4.56. The maximum absolute atomic E-state index is 5.82. The molecule has 0 amide bonds. The van der Waals surface area contributed by atoms with Crippen LogP contribution in [0.15, 0.2) is 35.3 Å². The molecule has 2 N–H and O–H groups in total. The number of rotatable bonds is 5. The summed E-state index contributed by atoms with van der Waals surface area (Å²) in [6.45, 7) is 6.75. The Morgan fingerprint density at radius 1 is 1.35 bits per heavy atom.